The number of aromatic nitrogens is 1. The summed E-state index contributed by atoms with van der Waals surface area (Å²) in [7, 11) is 0. The van der Waals surface area contributed by atoms with Gasteiger partial charge in [-0.3, -0.25) is 4.79 Å². The van der Waals surface area contributed by atoms with Crippen molar-refractivity contribution < 1.29 is 22.5 Å². The van der Waals surface area contributed by atoms with Crippen LogP contribution in [0.4, 0.5) is 24.5 Å². The molecule has 134 valence electrons. The van der Waals surface area contributed by atoms with Gasteiger partial charge in [0.2, 0.25) is 0 Å². The van der Waals surface area contributed by atoms with Crippen molar-refractivity contribution >= 4 is 28.9 Å². The Morgan fingerprint density at radius 2 is 1.85 bits per heavy atom. The molecule has 3 rings (SSSR count). The van der Waals surface area contributed by atoms with Gasteiger partial charge in [0.1, 0.15) is 5.02 Å². The largest absolute Gasteiger partial charge is 0.416 e. The van der Waals surface area contributed by atoms with Gasteiger partial charge in [0, 0.05) is 16.9 Å². The van der Waals surface area contributed by atoms with Gasteiger partial charge in [0.05, 0.1) is 5.56 Å². The molecule has 1 heterocycles. The van der Waals surface area contributed by atoms with Crippen LogP contribution in [0.3, 0.4) is 0 Å². The minimum Gasteiger partial charge on any atom is -0.399 e. The molecule has 0 unspecified atom stereocenters. The average Bonchev–Trinajstić information content (AvgIpc) is 2.96. The van der Waals surface area contributed by atoms with Gasteiger partial charge in [-0.1, -0.05) is 35.0 Å². The standard InChI is InChI=1S/C17H11ClF3N3O2/c18-13-14(16(25)23-12-3-1-2-11(22)8-12)24-26-15(13)9-4-6-10(7-5-9)17(19,20)21/h1-8H,22H2,(H,23,25). The minimum absolute atomic E-state index is 0.00174. The van der Waals surface area contributed by atoms with Gasteiger partial charge in [-0.25, -0.2) is 0 Å². The molecule has 0 aliphatic heterocycles. The molecule has 26 heavy (non-hydrogen) atoms. The summed E-state index contributed by atoms with van der Waals surface area (Å²) in [4.78, 5) is 12.3. The fourth-order valence-electron chi connectivity index (χ4n) is 2.22. The first-order chi connectivity index (χ1) is 12.3. The van der Waals surface area contributed by atoms with Crippen molar-refractivity contribution in [1.29, 1.82) is 0 Å². The number of nitrogens with two attached hydrogens (primary N) is 1. The number of nitrogens with zero attached hydrogens (tertiary/aromatic N) is 1. The number of carbonyl (C=O) groups excluding carboxylic acids is 1. The molecular formula is C17H11ClF3N3O2. The molecule has 2 aromatic carbocycles. The van der Waals surface area contributed by atoms with Crippen LogP contribution in [0.5, 0.6) is 0 Å². The maximum absolute atomic E-state index is 12.6. The Bertz CT molecular complexity index is 953. The first kappa shape index (κ1) is 17.8. The van der Waals surface area contributed by atoms with Crippen LogP contribution in [0.2, 0.25) is 5.02 Å². The Labute approximate surface area is 150 Å². The van der Waals surface area contributed by atoms with Crippen LogP contribution in [0.1, 0.15) is 16.1 Å². The number of nitrogens with one attached hydrogen (secondary N) is 1. The van der Waals surface area contributed by atoms with Gasteiger partial charge in [-0.15, -0.1) is 0 Å². The minimum atomic E-state index is -4.45. The van der Waals surface area contributed by atoms with Crippen LogP contribution in [0, 0.1) is 0 Å². The highest BCUT2D eigenvalue weighted by Gasteiger charge is 2.30. The molecule has 0 aliphatic carbocycles. The van der Waals surface area contributed by atoms with E-state index in [1.54, 1.807) is 24.3 Å². The summed E-state index contributed by atoms with van der Waals surface area (Å²) in [6, 6.07) is 10.6. The fourth-order valence-corrected chi connectivity index (χ4v) is 2.48. The Hall–Kier alpha value is -3.00. The maximum Gasteiger partial charge on any atom is 0.416 e. The molecule has 3 N–H and O–H groups in total. The van der Waals surface area contributed by atoms with E-state index in [0.29, 0.717) is 11.4 Å². The van der Waals surface area contributed by atoms with E-state index in [0.717, 1.165) is 12.1 Å². The zero-order valence-corrected chi connectivity index (χ0v) is 13.7. The van der Waals surface area contributed by atoms with Crippen LogP contribution >= 0.6 is 11.6 Å². The molecule has 9 heteroatoms. The predicted octanol–water partition coefficient (Wildman–Crippen LogP) is 4.85. The first-order valence-electron chi connectivity index (χ1n) is 7.25. The van der Waals surface area contributed by atoms with Crippen molar-refractivity contribution in [3.05, 3.63) is 64.8 Å². The van der Waals surface area contributed by atoms with E-state index in [1.165, 1.54) is 12.1 Å². The van der Waals surface area contributed by atoms with Gasteiger partial charge in [-0.05, 0) is 30.3 Å². The molecule has 5 nitrogen and oxygen atoms in total. The molecule has 0 fully saturated rings. The van der Waals surface area contributed by atoms with E-state index >= 15 is 0 Å². The van der Waals surface area contributed by atoms with Gasteiger partial charge < -0.3 is 15.6 Å². The van der Waals surface area contributed by atoms with Crippen molar-refractivity contribution in [2.45, 2.75) is 6.18 Å². The van der Waals surface area contributed by atoms with Crippen LogP contribution in [-0.4, -0.2) is 11.1 Å². The summed E-state index contributed by atoms with van der Waals surface area (Å²) in [5.74, 6) is -0.638. The second-order valence-corrected chi connectivity index (χ2v) is 5.71. The smallest absolute Gasteiger partial charge is 0.399 e. The maximum atomic E-state index is 12.6. The Balaban J connectivity index is 1.84. The molecule has 0 aliphatic rings. The van der Waals surface area contributed by atoms with E-state index in [-0.39, 0.29) is 22.0 Å². The first-order valence-corrected chi connectivity index (χ1v) is 7.63. The van der Waals surface area contributed by atoms with Gasteiger partial charge in [0.25, 0.3) is 5.91 Å². The second-order valence-electron chi connectivity index (χ2n) is 5.33. The number of benzene rings is 2. The van der Waals surface area contributed by atoms with E-state index in [9.17, 15) is 18.0 Å². The number of carbonyl (C=O) groups is 1. The highest BCUT2D eigenvalue weighted by Crippen LogP contribution is 2.34. The lowest BCUT2D eigenvalue weighted by atomic mass is 10.1. The van der Waals surface area contributed by atoms with E-state index in [4.69, 9.17) is 21.9 Å². The van der Waals surface area contributed by atoms with Crippen molar-refractivity contribution in [1.82, 2.24) is 5.16 Å². The van der Waals surface area contributed by atoms with Crippen LogP contribution in [0.25, 0.3) is 11.3 Å². The lowest BCUT2D eigenvalue weighted by Crippen LogP contribution is -2.12. The molecule has 0 bridgehead atoms. The average molecular weight is 382 g/mol. The summed E-state index contributed by atoms with van der Waals surface area (Å²) >= 11 is 6.12. The Kier molecular flexibility index (Phi) is 4.60. The lowest BCUT2D eigenvalue weighted by Gasteiger charge is -2.06. The number of rotatable bonds is 3. The van der Waals surface area contributed by atoms with Gasteiger partial charge >= 0.3 is 6.18 Å². The molecule has 1 aromatic heterocycles. The summed E-state index contributed by atoms with van der Waals surface area (Å²) < 4.78 is 42.9. The third-order valence-corrected chi connectivity index (χ3v) is 3.82. The number of nitrogen functional groups attached to an aromatic ring is 1. The van der Waals surface area contributed by atoms with Crippen molar-refractivity contribution in [2.24, 2.45) is 0 Å². The normalized spacial score (nSPS) is 11.4. The monoisotopic (exact) mass is 381 g/mol. The van der Waals surface area contributed by atoms with Crippen molar-refractivity contribution in [3.63, 3.8) is 0 Å². The molecule has 0 spiro atoms. The number of hydrogen-bond donors (Lipinski definition) is 2. The molecule has 0 saturated heterocycles. The summed E-state index contributed by atoms with van der Waals surface area (Å²) in [6.07, 6.45) is -4.45. The van der Waals surface area contributed by atoms with E-state index < -0.39 is 17.6 Å². The Morgan fingerprint density at radius 3 is 2.46 bits per heavy atom. The molecule has 1 amide bonds. The SMILES string of the molecule is Nc1cccc(NC(=O)c2noc(-c3ccc(C(F)(F)F)cc3)c2Cl)c1. The second kappa shape index (κ2) is 6.72. The number of amides is 1. The third kappa shape index (κ3) is 3.65. The van der Waals surface area contributed by atoms with Crippen LogP contribution in [-0.2, 0) is 6.18 Å². The van der Waals surface area contributed by atoms with Gasteiger partial charge in [0.15, 0.2) is 11.5 Å². The van der Waals surface area contributed by atoms with Crippen LogP contribution in [0.15, 0.2) is 53.1 Å². The fraction of sp³-hybridized carbons (Fsp3) is 0.0588. The zero-order chi connectivity index (χ0) is 18.9. The van der Waals surface area contributed by atoms with Crippen molar-refractivity contribution in [2.75, 3.05) is 11.1 Å². The number of hydrogen-bond acceptors (Lipinski definition) is 4. The van der Waals surface area contributed by atoms with Crippen LogP contribution < -0.4 is 11.1 Å². The quantitative estimate of drug-likeness (QED) is 0.635. The molecule has 0 saturated carbocycles. The summed E-state index contributed by atoms with van der Waals surface area (Å²) in [5.41, 5.74) is 5.79. The lowest BCUT2D eigenvalue weighted by molar-refractivity contribution is -0.137. The van der Waals surface area contributed by atoms with E-state index in [2.05, 4.69) is 10.5 Å². The predicted molar refractivity (Wildman–Crippen MR) is 90.8 cm³/mol. The topological polar surface area (TPSA) is 81.1 Å². The third-order valence-electron chi connectivity index (χ3n) is 3.47. The molecular weight excluding hydrogens is 371 g/mol. The zero-order valence-electron chi connectivity index (χ0n) is 13.0. The highest BCUT2D eigenvalue weighted by atomic mass is 35.5. The van der Waals surface area contributed by atoms with E-state index in [1.807, 2.05) is 0 Å². The molecule has 0 radical (unpaired) electrons. The van der Waals surface area contributed by atoms with Gasteiger partial charge in [-0.2, -0.15) is 13.2 Å². The number of halogens is 4. The molecule has 3 aromatic rings. The Morgan fingerprint density at radius 1 is 1.15 bits per heavy atom. The van der Waals surface area contributed by atoms with Crippen molar-refractivity contribution in [3.8, 4) is 11.3 Å². The number of alkyl halides is 3. The summed E-state index contributed by atoms with van der Waals surface area (Å²) in [6.45, 7) is 0. The summed E-state index contributed by atoms with van der Waals surface area (Å²) in [5, 5.41) is 6.06. The number of anilines is 2. The molecule has 0 atom stereocenters. The highest BCUT2D eigenvalue weighted by molar-refractivity contribution is 6.36.